The molecule has 4 aromatic rings. The zero-order valence-corrected chi connectivity index (χ0v) is 13.5. The topological polar surface area (TPSA) is 71.0 Å². The molecule has 4 rings (SSSR count). The van der Waals surface area contributed by atoms with Gasteiger partial charge in [0.25, 0.3) is 5.19 Å². The monoisotopic (exact) mass is 331 g/mol. The molecule has 118 valence electrons. The summed E-state index contributed by atoms with van der Waals surface area (Å²) in [6, 6.07) is 5.69. The molecule has 0 aliphatic heterocycles. The molecule has 23 heavy (non-hydrogen) atoms. The molecule has 0 unspecified atom stereocenters. The molecule has 0 bridgehead atoms. The van der Waals surface area contributed by atoms with Gasteiger partial charge in [-0.05, 0) is 29.5 Å². The summed E-state index contributed by atoms with van der Waals surface area (Å²) in [7, 11) is 4.76. The molecule has 0 atom stereocenters. The lowest BCUT2D eigenvalue weighted by molar-refractivity contribution is 0.354. The third kappa shape index (κ3) is 2.02. The van der Waals surface area contributed by atoms with Crippen LogP contribution in [0.3, 0.4) is 0 Å². The molecule has 0 radical (unpaired) electrons. The molecule has 8 heteroatoms. The van der Waals surface area contributed by atoms with E-state index in [1.54, 1.807) is 32.0 Å². The van der Waals surface area contributed by atoms with Gasteiger partial charge in [0.2, 0.25) is 10.7 Å². The number of benzene rings is 1. The van der Waals surface area contributed by atoms with Crippen LogP contribution in [0.1, 0.15) is 0 Å². The van der Waals surface area contributed by atoms with Gasteiger partial charge in [0.1, 0.15) is 5.69 Å². The van der Waals surface area contributed by atoms with E-state index >= 15 is 0 Å². The van der Waals surface area contributed by atoms with Gasteiger partial charge in [-0.2, -0.15) is 4.52 Å². The largest absolute Gasteiger partial charge is 0.493 e. The number of ether oxygens (including phenoxy) is 3. The zero-order chi connectivity index (χ0) is 16.0. The molecule has 0 saturated carbocycles. The number of rotatable bonds is 4. The highest BCUT2D eigenvalue weighted by Crippen LogP contribution is 2.39. The Morgan fingerprint density at radius 3 is 2.74 bits per heavy atom. The highest BCUT2D eigenvalue weighted by atomic mass is 32.1. The van der Waals surface area contributed by atoms with Crippen molar-refractivity contribution in [3.63, 3.8) is 0 Å². The summed E-state index contributed by atoms with van der Waals surface area (Å²) in [5, 5.41) is 5.81. The zero-order valence-electron chi connectivity index (χ0n) is 12.7. The van der Waals surface area contributed by atoms with Gasteiger partial charge in [-0.1, -0.05) is 0 Å². The van der Waals surface area contributed by atoms with Crippen molar-refractivity contribution in [1.29, 1.82) is 0 Å². The first-order valence-electron chi connectivity index (χ1n) is 6.78. The van der Waals surface area contributed by atoms with Gasteiger partial charge < -0.3 is 18.6 Å². The SMILES string of the molecule is COc1nn2c(-c3cc4ccc(OC)c(OC)c4o3)cnc2s1. The minimum absolute atomic E-state index is 0.546. The lowest BCUT2D eigenvalue weighted by Gasteiger charge is -2.06. The van der Waals surface area contributed by atoms with Crippen molar-refractivity contribution in [2.75, 3.05) is 21.3 Å². The number of hydrogen-bond acceptors (Lipinski definition) is 7. The van der Waals surface area contributed by atoms with Crippen molar-refractivity contribution in [3.05, 3.63) is 24.4 Å². The number of fused-ring (bicyclic) bond motifs is 2. The number of nitrogens with zero attached hydrogens (tertiary/aromatic N) is 3. The van der Waals surface area contributed by atoms with Crippen LogP contribution in [-0.4, -0.2) is 35.9 Å². The molecule has 1 aromatic carbocycles. The highest BCUT2D eigenvalue weighted by molar-refractivity contribution is 7.18. The van der Waals surface area contributed by atoms with Crippen molar-refractivity contribution in [2.45, 2.75) is 0 Å². The van der Waals surface area contributed by atoms with Crippen LogP contribution in [0.15, 0.2) is 28.8 Å². The summed E-state index contributed by atoms with van der Waals surface area (Å²) in [6.45, 7) is 0. The molecule has 0 fully saturated rings. The Kier molecular flexibility index (Phi) is 3.12. The van der Waals surface area contributed by atoms with Gasteiger partial charge in [0.15, 0.2) is 17.1 Å². The first kappa shape index (κ1) is 13.9. The summed E-state index contributed by atoms with van der Waals surface area (Å²) >= 11 is 1.37. The Balaban J connectivity index is 1.92. The fourth-order valence-electron chi connectivity index (χ4n) is 2.47. The Morgan fingerprint density at radius 2 is 2.00 bits per heavy atom. The van der Waals surface area contributed by atoms with E-state index in [2.05, 4.69) is 10.1 Å². The van der Waals surface area contributed by atoms with Gasteiger partial charge in [-0.25, -0.2) is 4.98 Å². The fraction of sp³-hybridized carbons (Fsp3) is 0.200. The quantitative estimate of drug-likeness (QED) is 0.572. The molecule has 0 N–H and O–H groups in total. The molecule has 0 aliphatic carbocycles. The fourth-order valence-corrected chi connectivity index (χ4v) is 3.16. The van der Waals surface area contributed by atoms with Crippen LogP contribution in [0.25, 0.3) is 27.4 Å². The predicted molar refractivity (Wildman–Crippen MR) is 85.7 cm³/mol. The molecular weight excluding hydrogens is 318 g/mol. The minimum atomic E-state index is 0.546. The van der Waals surface area contributed by atoms with E-state index in [-0.39, 0.29) is 0 Å². The van der Waals surface area contributed by atoms with Crippen LogP contribution >= 0.6 is 11.3 Å². The summed E-state index contributed by atoms with van der Waals surface area (Å²) in [5.41, 5.74) is 1.37. The predicted octanol–water partition coefficient (Wildman–Crippen LogP) is 3.23. The normalized spacial score (nSPS) is 11.3. The average Bonchev–Trinajstić information content (AvgIpc) is 3.25. The Hall–Kier alpha value is -2.74. The van der Waals surface area contributed by atoms with E-state index < -0.39 is 0 Å². The number of furan rings is 1. The van der Waals surface area contributed by atoms with Crippen molar-refractivity contribution < 1.29 is 18.6 Å². The maximum absolute atomic E-state index is 5.99. The smallest absolute Gasteiger partial charge is 0.294 e. The van der Waals surface area contributed by atoms with Gasteiger partial charge in [0, 0.05) is 5.39 Å². The lowest BCUT2D eigenvalue weighted by atomic mass is 10.2. The second-order valence-corrected chi connectivity index (χ2v) is 5.66. The Bertz CT molecular complexity index is 1000. The molecule has 3 aromatic heterocycles. The van der Waals surface area contributed by atoms with Crippen LogP contribution in [0.5, 0.6) is 16.7 Å². The van der Waals surface area contributed by atoms with Crippen molar-refractivity contribution in [2.24, 2.45) is 0 Å². The number of imidazole rings is 1. The maximum atomic E-state index is 5.99. The van der Waals surface area contributed by atoms with Crippen molar-refractivity contribution in [3.8, 4) is 28.1 Å². The van der Waals surface area contributed by atoms with Crippen LogP contribution in [0.4, 0.5) is 0 Å². The molecule has 0 aliphatic rings. The van der Waals surface area contributed by atoms with Crippen LogP contribution < -0.4 is 14.2 Å². The number of methoxy groups -OCH3 is 3. The van der Waals surface area contributed by atoms with Crippen LogP contribution in [0.2, 0.25) is 0 Å². The highest BCUT2D eigenvalue weighted by Gasteiger charge is 2.18. The van der Waals surface area contributed by atoms with Crippen LogP contribution in [0, 0.1) is 0 Å². The number of hydrogen-bond donors (Lipinski definition) is 0. The van der Waals surface area contributed by atoms with Gasteiger partial charge in [-0.3, -0.25) is 0 Å². The van der Waals surface area contributed by atoms with E-state index in [9.17, 15) is 0 Å². The lowest BCUT2D eigenvalue weighted by Crippen LogP contribution is -1.90. The average molecular weight is 331 g/mol. The molecular formula is C15H13N3O4S. The second kappa shape index (κ2) is 5.17. The van der Waals surface area contributed by atoms with Gasteiger partial charge in [0.05, 0.1) is 27.5 Å². The Morgan fingerprint density at radius 1 is 1.13 bits per heavy atom. The summed E-state index contributed by atoms with van der Waals surface area (Å²) in [6.07, 6.45) is 1.72. The summed E-state index contributed by atoms with van der Waals surface area (Å²) in [5.74, 6) is 1.83. The third-order valence-electron chi connectivity index (χ3n) is 3.52. The maximum Gasteiger partial charge on any atom is 0.294 e. The molecule has 7 nitrogen and oxygen atoms in total. The second-order valence-electron chi connectivity index (χ2n) is 4.74. The molecule has 3 heterocycles. The van der Waals surface area contributed by atoms with E-state index in [1.807, 2.05) is 18.2 Å². The molecule has 0 amide bonds. The third-order valence-corrected chi connectivity index (χ3v) is 4.41. The van der Waals surface area contributed by atoms with Gasteiger partial charge in [-0.15, -0.1) is 5.10 Å². The van der Waals surface area contributed by atoms with E-state index in [1.165, 1.54) is 11.3 Å². The van der Waals surface area contributed by atoms with Gasteiger partial charge >= 0.3 is 0 Å². The van der Waals surface area contributed by atoms with Crippen molar-refractivity contribution in [1.82, 2.24) is 14.6 Å². The van der Waals surface area contributed by atoms with E-state index in [0.717, 1.165) is 16.0 Å². The number of aromatic nitrogens is 3. The van der Waals surface area contributed by atoms with E-state index in [4.69, 9.17) is 18.6 Å². The molecule has 0 saturated heterocycles. The summed E-state index contributed by atoms with van der Waals surface area (Å²) in [4.78, 5) is 5.07. The summed E-state index contributed by atoms with van der Waals surface area (Å²) < 4.78 is 23.6. The van der Waals surface area contributed by atoms with Crippen LogP contribution in [-0.2, 0) is 0 Å². The van der Waals surface area contributed by atoms with E-state index in [0.29, 0.717) is 28.0 Å². The first-order valence-corrected chi connectivity index (χ1v) is 7.60. The van der Waals surface area contributed by atoms with Crippen molar-refractivity contribution >= 4 is 27.3 Å². The first-order chi connectivity index (χ1) is 11.2. The minimum Gasteiger partial charge on any atom is -0.493 e. The molecule has 0 spiro atoms. The Labute approximate surface area is 135 Å². The standard InChI is InChI=1S/C15H13N3O4S/c1-19-10-5-4-8-6-11(22-12(8)13(10)20-2)9-7-16-14-18(9)17-15(21-3)23-14/h4-7H,1-3H3.